The number of benzene rings is 8. The van der Waals surface area contributed by atoms with Gasteiger partial charge >= 0.3 is 0 Å². The van der Waals surface area contributed by atoms with Gasteiger partial charge in [-0.2, -0.15) is 5.26 Å². The Balaban J connectivity index is 1.21. The van der Waals surface area contributed by atoms with E-state index in [1.807, 2.05) is 30.3 Å². The average molecular weight is 676 g/mol. The summed E-state index contributed by atoms with van der Waals surface area (Å²) in [5, 5.41) is 16.5. The van der Waals surface area contributed by atoms with E-state index in [0.717, 1.165) is 77.4 Å². The van der Waals surface area contributed by atoms with Crippen LogP contribution in [-0.4, -0.2) is 9.13 Å². The number of furan rings is 1. The lowest BCUT2D eigenvalue weighted by molar-refractivity contribution is 0.673. The van der Waals surface area contributed by atoms with Gasteiger partial charge in [0.15, 0.2) is 0 Å². The van der Waals surface area contributed by atoms with E-state index in [4.69, 9.17) is 4.42 Å². The Morgan fingerprint density at radius 2 is 1.08 bits per heavy atom. The van der Waals surface area contributed by atoms with Gasteiger partial charge in [-0.1, -0.05) is 115 Å². The van der Waals surface area contributed by atoms with Gasteiger partial charge in [0.25, 0.3) is 0 Å². The Kier molecular flexibility index (Phi) is 6.28. The molecule has 0 fully saturated rings. The van der Waals surface area contributed by atoms with Gasteiger partial charge in [-0.3, -0.25) is 0 Å². The Bertz CT molecular complexity index is 3240. The maximum Gasteiger partial charge on any atom is 0.145 e. The van der Waals surface area contributed by atoms with Crippen LogP contribution in [0.4, 0.5) is 0 Å². The van der Waals surface area contributed by atoms with Crippen molar-refractivity contribution >= 4 is 65.6 Å². The number of nitrogens with zero attached hydrogens (tertiary/aromatic N) is 3. The summed E-state index contributed by atoms with van der Waals surface area (Å²) in [7, 11) is 0. The molecular formula is C49H29N3O. The predicted octanol–water partition coefficient (Wildman–Crippen LogP) is 13.0. The van der Waals surface area contributed by atoms with Crippen LogP contribution in [0.3, 0.4) is 0 Å². The van der Waals surface area contributed by atoms with Gasteiger partial charge in [-0.25, -0.2) is 0 Å². The third kappa shape index (κ3) is 4.35. The van der Waals surface area contributed by atoms with Gasteiger partial charge in [0, 0.05) is 38.2 Å². The third-order valence-electron chi connectivity index (χ3n) is 10.8. The van der Waals surface area contributed by atoms with Crippen LogP contribution >= 0.6 is 0 Å². The van der Waals surface area contributed by atoms with Crippen LogP contribution in [0.1, 0.15) is 5.56 Å². The second-order valence-electron chi connectivity index (χ2n) is 13.6. The van der Waals surface area contributed by atoms with Crippen molar-refractivity contribution in [3.8, 4) is 39.7 Å². The van der Waals surface area contributed by atoms with Crippen molar-refractivity contribution in [2.45, 2.75) is 0 Å². The van der Waals surface area contributed by atoms with E-state index < -0.39 is 0 Å². The van der Waals surface area contributed by atoms with Gasteiger partial charge in [0.05, 0.1) is 44.8 Å². The van der Waals surface area contributed by atoms with Crippen LogP contribution in [0.15, 0.2) is 180 Å². The Labute approximate surface area is 304 Å². The lowest BCUT2D eigenvalue weighted by Crippen LogP contribution is -2.01. The molecule has 0 N–H and O–H groups in total. The number of fused-ring (bicyclic) bond motifs is 10. The van der Waals surface area contributed by atoms with Gasteiger partial charge in [0.1, 0.15) is 11.2 Å². The summed E-state index contributed by atoms with van der Waals surface area (Å²) in [5.74, 6) is 0. The largest absolute Gasteiger partial charge is 0.455 e. The molecule has 11 aromatic rings. The highest BCUT2D eigenvalue weighted by molar-refractivity contribution is 6.24. The molecule has 0 spiro atoms. The van der Waals surface area contributed by atoms with Crippen LogP contribution in [0.25, 0.3) is 99.2 Å². The van der Waals surface area contributed by atoms with Crippen molar-refractivity contribution < 1.29 is 4.42 Å². The minimum Gasteiger partial charge on any atom is -0.455 e. The summed E-state index contributed by atoms with van der Waals surface area (Å²) in [5.41, 5.74) is 13.4. The third-order valence-corrected chi connectivity index (χ3v) is 10.8. The van der Waals surface area contributed by atoms with E-state index in [1.54, 1.807) is 0 Å². The molecule has 246 valence electrons. The lowest BCUT2D eigenvalue weighted by atomic mass is 9.98. The second-order valence-corrected chi connectivity index (χ2v) is 13.6. The molecule has 53 heavy (non-hydrogen) atoms. The molecule has 0 aliphatic carbocycles. The predicted molar refractivity (Wildman–Crippen MR) is 218 cm³/mol. The summed E-state index contributed by atoms with van der Waals surface area (Å²) in [6.45, 7) is 0. The molecule has 3 heterocycles. The van der Waals surface area contributed by atoms with Crippen molar-refractivity contribution in [2.75, 3.05) is 0 Å². The zero-order chi connectivity index (χ0) is 35.0. The summed E-state index contributed by atoms with van der Waals surface area (Å²) in [4.78, 5) is 0. The first-order chi connectivity index (χ1) is 26.2. The molecule has 8 aromatic carbocycles. The first-order valence-electron chi connectivity index (χ1n) is 17.8. The van der Waals surface area contributed by atoms with E-state index >= 15 is 0 Å². The van der Waals surface area contributed by atoms with Gasteiger partial charge in [-0.05, 0) is 77.4 Å². The molecule has 3 aromatic heterocycles. The van der Waals surface area contributed by atoms with Crippen LogP contribution in [0.5, 0.6) is 0 Å². The standard InChI is InChI=1S/C49H29N3O/c50-30-31-10-9-11-34(28-31)32-20-22-33(23-21-32)36-25-24-35(51-42-16-5-1-12-37(42)38-13-2-6-17-43(38)51)29-46(36)52-44-18-7-3-15-41(44)48-45(52)27-26-40-39-14-4-8-19-47(39)53-49(40)48/h1-29H. The molecule has 0 saturated carbocycles. The molecule has 0 unspecified atom stereocenters. The van der Waals surface area contributed by atoms with Crippen LogP contribution in [0.2, 0.25) is 0 Å². The molecule has 4 nitrogen and oxygen atoms in total. The van der Waals surface area contributed by atoms with Crippen LogP contribution < -0.4 is 0 Å². The van der Waals surface area contributed by atoms with Crippen LogP contribution in [0, 0.1) is 11.3 Å². The van der Waals surface area contributed by atoms with Gasteiger partial charge < -0.3 is 13.6 Å². The first-order valence-corrected chi connectivity index (χ1v) is 17.8. The van der Waals surface area contributed by atoms with E-state index in [0.29, 0.717) is 5.56 Å². The van der Waals surface area contributed by atoms with E-state index in [1.165, 1.54) is 21.8 Å². The Morgan fingerprint density at radius 1 is 0.434 bits per heavy atom. The van der Waals surface area contributed by atoms with Crippen LogP contribution in [-0.2, 0) is 0 Å². The fourth-order valence-electron chi connectivity index (χ4n) is 8.39. The normalized spacial score (nSPS) is 11.8. The number of aromatic nitrogens is 2. The SMILES string of the molecule is N#Cc1cccc(-c2ccc(-c3ccc(-n4c5ccccc5c5ccccc54)cc3-n3c4ccccc4c4c5oc6ccccc6c5ccc43)cc2)c1. The Morgan fingerprint density at radius 3 is 1.81 bits per heavy atom. The zero-order valence-electron chi connectivity index (χ0n) is 28.5. The molecule has 4 heteroatoms. The molecule has 0 aliphatic heterocycles. The molecule has 11 rings (SSSR count). The van der Waals surface area contributed by atoms with Crippen molar-refractivity contribution in [1.29, 1.82) is 5.26 Å². The summed E-state index contributed by atoms with van der Waals surface area (Å²) < 4.78 is 11.4. The lowest BCUT2D eigenvalue weighted by Gasteiger charge is -2.18. The minimum atomic E-state index is 0.652. The number of hydrogen-bond donors (Lipinski definition) is 0. The monoisotopic (exact) mass is 675 g/mol. The summed E-state index contributed by atoms with van der Waals surface area (Å²) >= 11 is 0. The zero-order valence-corrected chi connectivity index (χ0v) is 28.5. The number of nitriles is 1. The van der Waals surface area contributed by atoms with Crippen molar-refractivity contribution in [1.82, 2.24) is 9.13 Å². The maximum atomic E-state index is 9.52. The second kappa shape index (κ2) is 11.3. The van der Waals surface area contributed by atoms with Gasteiger partial charge in [-0.15, -0.1) is 0 Å². The quantitative estimate of drug-likeness (QED) is 0.186. The Hall–Kier alpha value is -7.35. The van der Waals surface area contributed by atoms with E-state index in [-0.39, 0.29) is 0 Å². The molecule has 0 amide bonds. The number of para-hydroxylation sites is 4. The highest BCUT2D eigenvalue weighted by atomic mass is 16.3. The van der Waals surface area contributed by atoms with Gasteiger partial charge in [0.2, 0.25) is 0 Å². The maximum absolute atomic E-state index is 9.52. The molecular weight excluding hydrogens is 647 g/mol. The molecule has 0 atom stereocenters. The summed E-state index contributed by atoms with van der Waals surface area (Å²) in [6.07, 6.45) is 0. The average Bonchev–Trinajstić information content (AvgIpc) is 3.88. The minimum absolute atomic E-state index is 0.652. The smallest absolute Gasteiger partial charge is 0.145 e. The molecule has 0 saturated heterocycles. The highest BCUT2D eigenvalue weighted by Gasteiger charge is 2.22. The summed E-state index contributed by atoms with van der Waals surface area (Å²) in [6, 6.07) is 64.3. The topological polar surface area (TPSA) is 46.8 Å². The fourth-order valence-corrected chi connectivity index (χ4v) is 8.39. The fraction of sp³-hybridized carbons (Fsp3) is 0. The molecule has 0 aliphatic rings. The van der Waals surface area contributed by atoms with E-state index in [2.05, 4.69) is 161 Å². The number of hydrogen-bond acceptors (Lipinski definition) is 2. The van der Waals surface area contributed by atoms with E-state index in [9.17, 15) is 5.26 Å². The van der Waals surface area contributed by atoms with Crippen molar-refractivity contribution in [2.24, 2.45) is 0 Å². The highest BCUT2D eigenvalue weighted by Crippen LogP contribution is 2.43. The molecule has 0 bridgehead atoms. The molecule has 0 radical (unpaired) electrons. The number of rotatable bonds is 4. The first kappa shape index (κ1) is 29.4. The van der Waals surface area contributed by atoms with Crippen molar-refractivity contribution in [3.05, 3.63) is 181 Å². The van der Waals surface area contributed by atoms with Crippen molar-refractivity contribution in [3.63, 3.8) is 0 Å².